The number of nitrogens with one attached hydrogen (secondary N) is 1. The van der Waals surface area contributed by atoms with Crippen LogP contribution in [0.3, 0.4) is 0 Å². The normalized spacial score (nSPS) is 19.2. The molecule has 7 rings (SSSR count). The van der Waals surface area contributed by atoms with Gasteiger partial charge in [0.05, 0.1) is 13.2 Å². The average molecular weight is 709 g/mol. The third kappa shape index (κ3) is 5.98. The van der Waals surface area contributed by atoms with E-state index in [1.165, 1.54) is 14.2 Å². The van der Waals surface area contributed by atoms with Crippen LogP contribution in [0.15, 0.2) is 71.1 Å². The molecule has 4 aromatic rings. The number of fused-ring (bicyclic) bond motifs is 1. The van der Waals surface area contributed by atoms with E-state index < -0.39 is 25.6 Å². The first-order valence-corrected chi connectivity index (χ1v) is 19.2. The Morgan fingerprint density at radius 3 is 2.72 bits per heavy atom. The van der Waals surface area contributed by atoms with Crippen LogP contribution >= 0.6 is 31.4 Å². The standard InChI is InChI=1S/C34H37IN4O3S/c1-23-6-7-26(42-24(2)35-12-14-38(35)3)21-29(23)33(40)37-34(10-11-34)30-19-25(20-31-28(30)5-4-13-36-31)32-9-8-27(43-32)22-39-15-17-41-18-16-39/h4-9,13,19-21H,2,10-12,14-18,22H2,1,3H3,(H,37,40). The first-order valence-electron chi connectivity index (χ1n) is 14.8. The van der Waals surface area contributed by atoms with Gasteiger partial charge in [-0.2, -0.15) is 0 Å². The van der Waals surface area contributed by atoms with Gasteiger partial charge in [-0.15, -0.1) is 11.3 Å². The van der Waals surface area contributed by atoms with E-state index in [9.17, 15) is 4.79 Å². The molecule has 0 unspecified atom stereocenters. The van der Waals surface area contributed by atoms with E-state index in [1.807, 2.05) is 48.7 Å². The molecule has 1 amide bonds. The predicted octanol–water partition coefficient (Wildman–Crippen LogP) is 6.74. The molecule has 0 radical (unpaired) electrons. The van der Waals surface area contributed by atoms with Gasteiger partial charge in [0.1, 0.15) is 0 Å². The van der Waals surface area contributed by atoms with Gasteiger partial charge in [0.25, 0.3) is 0 Å². The molecule has 3 fully saturated rings. The minimum absolute atomic E-state index is 0.0722. The number of ether oxygens (including phenoxy) is 2. The summed E-state index contributed by atoms with van der Waals surface area (Å²) < 4.78 is 16.1. The van der Waals surface area contributed by atoms with Gasteiger partial charge in [0, 0.05) is 30.7 Å². The molecule has 7 nitrogen and oxygen atoms in total. The number of morpholine rings is 1. The van der Waals surface area contributed by atoms with E-state index in [4.69, 9.17) is 14.5 Å². The fourth-order valence-corrected chi connectivity index (χ4v) is 10.9. The summed E-state index contributed by atoms with van der Waals surface area (Å²) in [5, 5.41) is 4.54. The summed E-state index contributed by atoms with van der Waals surface area (Å²) >= 11 is 0.412. The molecular formula is C34H37IN4O3S. The SMILES string of the molecule is C=C(Oc1ccc(C)c(C(=O)NC2(c3cc(-c4ccc(CN5CCOCC5)s4)cc4ncccc34)CC2)c1)I1CCN1C. The summed E-state index contributed by atoms with van der Waals surface area (Å²) in [5.74, 6) is 0.613. The van der Waals surface area contributed by atoms with Gasteiger partial charge in [-0.3, -0.25) is 4.90 Å². The molecule has 2 aromatic heterocycles. The Morgan fingerprint density at radius 1 is 1.14 bits per heavy atom. The molecule has 0 atom stereocenters. The maximum atomic E-state index is 13.9. The van der Waals surface area contributed by atoms with Crippen molar-refractivity contribution in [2.45, 2.75) is 31.8 Å². The minimum atomic E-state index is -1.42. The van der Waals surface area contributed by atoms with E-state index in [-0.39, 0.29) is 5.91 Å². The van der Waals surface area contributed by atoms with Crippen molar-refractivity contribution in [3.05, 3.63) is 92.7 Å². The van der Waals surface area contributed by atoms with Crippen LogP contribution in [0.5, 0.6) is 5.75 Å². The van der Waals surface area contributed by atoms with Crippen molar-refractivity contribution in [3.8, 4) is 16.2 Å². The molecule has 1 saturated carbocycles. The molecule has 3 aliphatic rings. The van der Waals surface area contributed by atoms with E-state index in [0.29, 0.717) is 11.3 Å². The molecule has 0 spiro atoms. The molecule has 1 N–H and O–H groups in total. The summed E-state index contributed by atoms with van der Waals surface area (Å²) in [5.41, 5.74) is 4.40. The second-order valence-electron chi connectivity index (χ2n) is 11.6. The molecule has 2 aliphatic heterocycles. The van der Waals surface area contributed by atoms with E-state index >= 15 is 0 Å². The van der Waals surface area contributed by atoms with E-state index in [1.54, 1.807) is 0 Å². The number of benzene rings is 2. The zero-order valence-corrected chi connectivity index (χ0v) is 27.7. The summed E-state index contributed by atoms with van der Waals surface area (Å²) in [4.78, 5) is 23.6. The Bertz CT molecular complexity index is 1690. The van der Waals surface area contributed by atoms with Crippen molar-refractivity contribution in [2.75, 3.05) is 44.3 Å². The monoisotopic (exact) mass is 708 g/mol. The van der Waals surface area contributed by atoms with Crippen LogP contribution in [0.2, 0.25) is 0 Å². The fourth-order valence-electron chi connectivity index (χ4n) is 5.88. The number of hydrogen-bond donors (Lipinski definition) is 1. The van der Waals surface area contributed by atoms with Crippen LogP contribution < -0.4 is 10.1 Å². The topological polar surface area (TPSA) is 66.9 Å². The number of amides is 1. The Balaban J connectivity index is 1.15. The molecule has 0 bridgehead atoms. The summed E-state index contributed by atoms with van der Waals surface area (Å²) in [6.07, 6.45) is 3.64. The van der Waals surface area contributed by atoms with E-state index in [2.05, 4.69) is 57.3 Å². The number of thiophene rings is 1. The van der Waals surface area contributed by atoms with Gasteiger partial charge in [-0.25, -0.2) is 0 Å². The third-order valence-corrected chi connectivity index (χ3v) is 15.3. The third-order valence-electron chi connectivity index (χ3n) is 8.61. The predicted molar refractivity (Wildman–Crippen MR) is 182 cm³/mol. The second kappa shape index (κ2) is 11.9. The van der Waals surface area contributed by atoms with Crippen molar-refractivity contribution in [1.29, 1.82) is 0 Å². The Labute approximate surface area is 264 Å². The number of carbonyl (C=O) groups is 1. The van der Waals surface area contributed by atoms with Gasteiger partial charge in [-0.1, -0.05) is 0 Å². The van der Waals surface area contributed by atoms with Crippen LogP contribution in [0.4, 0.5) is 0 Å². The van der Waals surface area contributed by atoms with Crippen molar-refractivity contribution in [1.82, 2.24) is 18.3 Å². The van der Waals surface area contributed by atoms with Crippen LogP contribution in [-0.4, -0.2) is 63.2 Å². The number of alkyl halides is 1. The molecule has 43 heavy (non-hydrogen) atoms. The molecule has 2 saturated heterocycles. The maximum absolute atomic E-state index is 13.9. The molecule has 4 heterocycles. The van der Waals surface area contributed by atoms with Crippen LogP contribution in [0, 0.1) is 6.92 Å². The fraction of sp³-hybridized carbons (Fsp3) is 0.353. The summed E-state index contributed by atoms with van der Waals surface area (Å²) in [7, 11) is 2.14. The second-order valence-corrected chi connectivity index (χ2v) is 18.6. The number of carbonyl (C=O) groups excluding carboxylic acids is 1. The first-order chi connectivity index (χ1) is 20.9. The zero-order valence-electron chi connectivity index (χ0n) is 24.7. The van der Waals surface area contributed by atoms with Crippen molar-refractivity contribution >= 4 is 48.2 Å². The van der Waals surface area contributed by atoms with Gasteiger partial charge in [0.2, 0.25) is 0 Å². The number of aryl methyl sites for hydroxylation is 1. The number of nitrogens with zero attached hydrogens (tertiary/aromatic N) is 3. The molecule has 9 heteroatoms. The van der Waals surface area contributed by atoms with Crippen LogP contribution in [0.1, 0.15) is 39.2 Å². The number of halogens is 1. The van der Waals surface area contributed by atoms with Crippen LogP contribution in [-0.2, 0) is 16.8 Å². The summed E-state index contributed by atoms with van der Waals surface area (Å²) in [6.45, 7) is 11.8. The molecular weight excluding hydrogens is 671 g/mol. The zero-order chi connectivity index (χ0) is 29.6. The number of pyridine rings is 1. The number of rotatable bonds is 9. The summed E-state index contributed by atoms with van der Waals surface area (Å²) in [6, 6.07) is 18.8. The van der Waals surface area contributed by atoms with Crippen LogP contribution in [0.25, 0.3) is 21.3 Å². The number of hydrogen-bond acceptors (Lipinski definition) is 7. The van der Waals surface area contributed by atoms with Crippen molar-refractivity contribution in [3.63, 3.8) is 0 Å². The quantitative estimate of drug-likeness (QED) is 0.0900. The number of aromatic nitrogens is 1. The van der Waals surface area contributed by atoms with Gasteiger partial charge in [-0.05, 0) is 12.1 Å². The Kier molecular flexibility index (Phi) is 8.02. The average Bonchev–Trinajstić information content (AvgIpc) is 3.64. The Morgan fingerprint density at radius 2 is 1.98 bits per heavy atom. The van der Waals surface area contributed by atoms with Crippen molar-refractivity contribution < 1.29 is 14.3 Å². The van der Waals surface area contributed by atoms with E-state index in [0.717, 1.165) is 83.6 Å². The van der Waals surface area contributed by atoms with Crippen molar-refractivity contribution in [2.24, 2.45) is 0 Å². The van der Waals surface area contributed by atoms with Gasteiger partial charge in [0.15, 0.2) is 0 Å². The molecule has 1 aliphatic carbocycles. The van der Waals surface area contributed by atoms with Gasteiger partial charge >= 0.3 is 189 Å². The van der Waals surface area contributed by atoms with Gasteiger partial charge < -0.3 is 4.74 Å². The molecule has 224 valence electrons. The molecule has 2 aromatic carbocycles. The first kappa shape index (κ1) is 28.9. The Hall–Kier alpha value is -2.83.